The fraction of sp³-hybridized carbons (Fsp3) is 1.00. The normalized spacial score (nSPS) is 34.0. The van der Waals surface area contributed by atoms with E-state index in [-0.39, 0.29) is 0 Å². The number of hydrogen-bond acceptors (Lipinski definition) is 2. The van der Waals surface area contributed by atoms with E-state index < -0.39 is 0 Å². The zero-order chi connectivity index (χ0) is 13.2. The quantitative estimate of drug-likeness (QED) is 0.814. The highest BCUT2D eigenvalue weighted by Crippen LogP contribution is 2.40. The number of hydrogen-bond donors (Lipinski definition) is 1. The molecule has 2 fully saturated rings. The number of likely N-dealkylation sites (N-methyl/N-ethyl adjacent to an activating group) is 1. The van der Waals surface area contributed by atoms with Gasteiger partial charge in [-0.05, 0) is 50.5 Å². The molecule has 0 radical (unpaired) electrons. The summed E-state index contributed by atoms with van der Waals surface area (Å²) in [6, 6.07) is 0. The van der Waals surface area contributed by atoms with Gasteiger partial charge in [0.05, 0.1) is 0 Å². The van der Waals surface area contributed by atoms with Crippen LogP contribution in [0.15, 0.2) is 0 Å². The van der Waals surface area contributed by atoms with Crippen molar-refractivity contribution in [2.24, 2.45) is 23.5 Å². The van der Waals surface area contributed by atoms with Gasteiger partial charge < -0.3 is 5.73 Å². The van der Waals surface area contributed by atoms with Gasteiger partial charge in [0, 0.05) is 18.6 Å². The molecule has 0 bridgehead atoms. The Morgan fingerprint density at radius 3 is 2.44 bits per heavy atom. The van der Waals surface area contributed by atoms with Crippen molar-refractivity contribution < 1.29 is 0 Å². The second-order valence-electron chi connectivity index (χ2n) is 7.21. The highest BCUT2D eigenvalue weighted by molar-refractivity contribution is 4.97. The summed E-state index contributed by atoms with van der Waals surface area (Å²) in [4.78, 5) is 2.63. The molecule has 2 saturated carbocycles. The molecule has 18 heavy (non-hydrogen) atoms. The fourth-order valence-corrected chi connectivity index (χ4v) is 3.90. The third kappa shape index (κ3) is 2.91. The second kappa shape index (κ2) is 5.92. The van der Waals surface area contributed by atoms with Crippen LogP contribution in [0.1, 0.15) is 58.8 Å². The smallest absolute Gasteiger partial charge is 0.0331 e. The Kier molecular flexibility index (Phi) is 4.71. The summed E-state index contributed by atoms with van der Waals surface area (Å²) in [6.07, 6.45) is 9.76. The molecule has 0 heterocycles. The van der Waals surface area contributed by atoms with E-state index in [0.717, 1.165) is 24.3 Å². The Morgan fingerprint density at radius 2 is 1.94 bits per heavy atom. The van der Waals surface area contributed by atoms with Crippen LogP contribution in [0.2, 0.25) is 0 Å². The van der Waals surface area contributed by atoms with Crippen LogP contribution >= 0.6 is 0 Å². The van der Waals surface area contributed by atoms with Gasteiger partial charge in [-0.1, -0.05) is 33.1 Å². The lowest BCUT2D eigenvalue weighted by Gasteiger charge is -2.49. The van der Waals surface area contributed by atoms with Crippen molar-refractivity contribution in [3.8, 4) is 0 Å². The van der Waals surface area contributed by atoms with Crippen LogP contribution in [-0.4, -0.2) is 30.6 Å². The average Bonchev–Trinajstić information content (AvgIpc) is 2.33. The van der Waals surface area contributed by atoms with Crippen molar-refractivity contribution >= 4 is 0 Å². The van der Waals surface area contributed by atoms with Gasteiger partial charge in [0.25, 0.3) is 0 Å². The van der Waals surface area contributed by atoms with Gasteiger partial charge in [-0.3, -0.25) is 4.90 Å². The summed E-state index contributed by atoms with van der Waals surface area (Å²) >= 11 is 0. The first-order valence-electron chi connectivity index (χ1n) is 7.99. The van der Waals surface area contributed by atoms with Gasteiger partial charge in [0.15, 0.2) is 0 Å². The predicted molar refractivity (Wildman–Crippen MR) is 78.6 cm³/mol. The lowest BCUT2D eigenvalue weighted by Crippen LogP contribution is -2.56. The van der Waals surface area contributed by atoms with E-state index in [1.165, 1.54) is 51.5 Å². The zero-order valence-electron chi connectivity index (χ0n) is 12.6. The average molecular weight is 252 g/mol. The van der Waals surface area contributed by atoms with E-state index in [1.807, 2.05) is 0 Å². The molecular weight excluding hydrogens is 220 g/mol. The Bertz CT molecular complexity index is 260. The van der Waals surface area contributed by atoms with E-state index in [0.29, 0.717) is 5.54 Å². The summed E-state index contributed by atoms with van der Waals surface area (Å²) in [7, 11) is 2.33. The van der Waals surface area contributed by atoms with Crippen LogP contribution in [0.3, 0.4) is 0 Å². The molecule has 2 heteroatoms. The first-order chi connectivity index (χ1) is 8.57. The van der Waals surface area contributed by atoms with Gasteiger partial charge in [0.1, 0.15) is 0 Å². The molecule has 2 rings (SSSR count). The molecule has 2 atom stereocenters. The summed E-state index contributed by atoms with van der Waals surface area (Å²) in [6.45, 7) is 6.88. The second-order valence-corrected chi connectivity index (χ2v) is 7.21. The van der Waals surface area contributed by atoms with E-state index >= 15 is 0 Å². The summed E-state index contributed by atoms with van der Waals surface area (Å²) < 4.78 is 0. The highest BCUT2D eigenvalue weighted by atomic mass is 15.2. The lowest BCUT2D eigenvalue weighted by molar-refractivity contribution is 0.0248. The molecule has 0 amide bonds. The maximum absolute atomic E-state index is 6.20. The Hall–Kier alpha value is -0.0800. The van der Waals surface area contributed by atoms with Gasteiger partial charge in [-0.2, -0.15) is 0 Å². The molecule has 2 nitrogen and oxygen atoms in total. The molecule has 0 aliphatic heterocycles. The minimum atomic E-state index is 0.308. The first-order valence-corrected chi connectivity index (χ1v) is 7.99. The zero-order valence-corrected chi connectivity index (χ0v) is 12.6. The van der Waals surface area contributed by atoms with Crippen LogP contribution in [0.25, 0.3) is 0 Å². The summed E-state index contributed by atoms with van der Waals surface area (Å²) in [5.41, 5.74) is 6.50. The van der Waals surface area contributed by atoms with Crippen LogP contribution in [-0.2, 0) is 0 Å². The number of rotatable bonds is 5. The Balaban J connectivity index is 1.98. The molecular formula is C16H32N2. The fourth-order valence-electron chi connectivity index (χ4n) is 3.90. The number of nitrogens with two attached hydrogens (primary N) is 1. The van der Waals surface area contributed by atoms with Gasteiger partial charge in [-0.15, -0.1) is 0 Å². The molecule has 2 unspecified atom stereocenters. The van der Waals surface area contributed by atoms with E-state index in [4.69, 9.17) is 5.73 Å². The van der Waals surface area contributed by atoms with Crippen molar-refractivity contribution in [1.82, 2.24) is 4.90 Å². The van der Waals surface area contributed by atoms with Crippen LogP contribution in [0, 0.1) is 17.8 Å². The van der Waals surface area contributed by atoms with Crippen molar-refractivity contribution in [3.63, 3.8) is 0 Å². The Morgan fingerprint density at radius 1 is 1.22 bits per heavy atom. The van der Waals surface area contributed by atoms with E-state index in [9.17, 15) is 0 Å². The third-order valence-corrected chi connectivity index (χ3v) is 5.75. The van der Waals surface area contributed by atoms with Crippen LogP contribution in [0.5, 0.6) is 0 Å². The molecule has 0 aromatic carbocycles. The maximum atomic E-state index is 6.20. The topological polar surface area (TPSA) is 29.3 Å². The SMILES string of the molecule is CC(C)C1CCCC(CN)(N(C)CC2CCC2)C1. The summed E-state index contributed by atoms with van der Waals surface area (Å²) in [5, 5.41) is 0. The molecule has 0 saturated heterocycles. The van der Waals surface area contributed by atoms with Crippen molar-refractivity contribution in [2.75, 3.05) is 20.1 Å². The first kappa shape index (κ1) is 14.3. The number of nitrogens with zero attached hydrogens (tertiary/aromatic N) is 1. The largest absolute Gasteiger partial charge is 0.329 e. The minimum absolute atomic E-state index is 0.308. The van der Waals surface area contributed by atoms with E-state index in [2.05, 4.69) is 25.8 Å². The molecule has 2 N–H and O–H groups in total. The van der Waals surface area contributed by atoms with Crippen molar-refractivity contribution in [2.45, 2.75) is 64.3 Å². The van der Waals surface area contributed by atoms with Crippen molar-refractivity contribution in [1.29, 1.82) is 0 Å². The predicted octanol–water partition coefficient (Wildman–Crippen LogP) is 3.26. The third-order valence-electron chi connectivity index (χ3n) is 5.75. The van der Waals surface area contributed by atoms with E-state index in [1.54, 1.807) is 0 Å². The summed E-state index contributed by atoms with van der Waals surface area (Å²) in [5.74, 6) is 2.65. The lowest BCUT2D eigenvalue weighted by atomic mass is 9.70. The highest BCUT2D eigenvalue weighted by Gasteiger charge is 2.40. The standard InChI is InChI=1S/C16H32N2/c1-13(2)15-8-5-9-16(10-15,12-17)18(3)11-14-6-4-7-14/h13-15H,4-12,17H2,1-3H3. The minimum Gasteiger partial charge on any atom is -0.329 e. The monoisotopic (exact) mass is 252 g/mol. The molecule has 2 aliphatic rings. The van der Waals surface area contributed by atoms with Crippen LogP contribution < -0.4 is 5.73 Å². The van der Waals surface area contributed by atoms with Gasteiger partial charge >= 0.3 is 0 Å². The Labute approximate surface area is 113 Å². The van der Waals surface area contributed by atoms with Crippen molar-refractivity contribution in [3.05, 3.63) is 0 Å². The maximum Gasteiger partial charge on any atom is 0.0331 e. The molecule has 106 valence electrons. The molecule has 2 aliphatic carbocycles. The molecule has 0 aromatic heterocycles. The molecule has 0 aromatic rings. The van der Waals surface area contributed by atoms with Gasteiger partial charge in [0.2, 0.25) is 0 Å². The van der Waals surface area contributed by atoms with Gasteiger partial charge in [-0.25, -0.2) is 0 Å². The molecule has 0 spiro atoms. The van der Waals surface area contributed by atoms with Crippen LogP contribution in [0.4, 0.5) is 0 Å².